The van der Waals surface area contributed by atoms with Crippen molar-refractivity contribution in [3.05, 3.63) is 58.4 Å². The second kappa shape index (κ2) is 9.96. The van der Waals surface area contributed by atoms with Crippen molar-refractivity contribution in [3.8, 4) is 0 Å². The summed E-state index contributed by atoms with van der Waals surface area (Å²) in [5.74, 6) is 1.53. The molecule has 2 aromatic heterocycles. The molecule has 2 aliphatic heterocycles. The molecule has 0 radical (unpaired) electrons. The number of carbonyl (C=O) groups is 1. The van der Waals surface area contributed by atoms with Gasteiger partial charge in [0.25, 0.3) is 5.91 Å². The van der Waals surface area contributed by atoms with Gasteiger partial charge in [-0.05, 0) is 48.9 Å². The number of pyridine rings is 1. The molecule has 1 aromatic carbocycles. The van der Waals surface area contributed by atoms with Gasteiger partial charge in [-0.15, -0.1) is 12.4 Å². The van der Waals surface area contributed by atoms with E-state index in [1.807, 2.05) is 11.0 Å². The molecule has 0 bridgehead atoms. The van der Waals surface area contributed by atoms with Crippen molar-refractivity contribution in [1.29, 1.82) is 0 Å². The van der Waals surface area contributed by atoms with Crippen molar-refractivity contribution in [2.75, 3.05) is 37.6 Å². The summed E-state index contributed by atoms with van der Waals surface area (Å²) < 4.78 is 2.43. The summed E-state index contributed by atoms with van der Waals surface area (Å²) >= 11 is 0. The van der Waals surface area contributed by atoms with E-state index in [-0.39, 0.29) is 18.3 Å². The van der Waals surface area contributed by atoms with Gasteiger partial charge in [-0.1, -0.05) is 38.1 Å². The molecule has 0 aliphatic carbocycles. The zero-order chi connectivity index (χ0) is 23.1. The Morgan fingerprint density at radius 2 is 1.79 bits per heavy atom. The predicted octanol–water partition coefficient (Wildman–Crippen LogP) is 4.34. The predicted molar refractivity (Wildman–Crippen MR) is 141 cm³/mol. The number of hydrogen-bond donors (Lipinski definition) is 1. The summed E-state index contributed by atoms with van der Waals surface area (Å²) in [6.07, 6.45) is 0.998. The lowest BCUT2D eigenvalue weighted by molar-refractivity contribution is 0.0730. The Morgan fingerprint density at radius 3 is 2.50 bits per heavy atom. The van der Waals surface area contributed by atoms with Gasteiger partial charge in [-0.25, -0.2) is 4.98 Å². The van der Waals surface area contributed by atoms with E-state index in [1.54, 1.807) is 0 Å². The van der Waals surface area contributed by atoms with E-state index in [2.05, 4.69) is 66.7 Å². The molecule has 1 saturated heterocycles. The zero-order valence-electron chi connectivity index (χ0n) is 20.7. The molecule has 0 unspecified atom stereocenters. The van der Waals surface area contributed by atoms with Gasteiger partial charge < -0.3 is 19.7 Å². The number of anilines is 1. The average Bonchev–Trinajstić information content (AvgIpc) is 3.07. The van der Waals surface area contributed by atoms with Crippen LogP contribution in [0.5, 0.6) is 0 Å². The van der Waals surface area contributed by atoms with Gasteiger partial charge >= 0.3 is 0 Å². The number of fused-ring (bicyclic) bond motifs is 2. The minimum atomic E-state index is 0. The third-order valence-corrected chi connectivity index (χ3v) is 7.20. The maximum absolute atomic E-state index is 13.5. The molecule has 0 atom stereocenters. The molecule has 1 amide bonds. The van der Waals surface area contributed by atoms with Gasteiger partial charge in [0.15, 0.2) is 5.82 Å². The highest BCUT2D eigenvalue weighted by molar-refractivity contribution is 6.01. The van der Waals surface area contributed by atoms with Crippen molar-refractivity contribution in [1.82, 2.24) is 19.8 Å². The Hall–Kier alpha value is -2.57. The molecule has 0 spiro atoms. The lowest BCUT2D eigenvalue weighted by Crippen LogP contribution is -2.46. The number of carbonyl (C=O) groups excluding carboxylic acids is 1. The van der Waals surface area contributed by atoms with Crippen LogP contribution in [0.1, 0.15) is 46.7 Å². The van der Waals surface area contributed by atoms with Crippen molar-refractivity contribution in [2.24, 2.45) is 5.92 Å². The van der Waals surface area contributed by atoms with Gasteiger partial charge in [-0.3, -0.25) is 4.79 Å². The smallest absolute Gasteiger partial charge is 0.272 e. The standard InChI is InChI=1S/C27H35N5O.ClH/c1-18(2)16-32-20(4)19(3)23-15-24(27(33)30-13-10-28-11-14-30)29-26(25(23)32)31-12-9-21-7-5-6-8-22(21)17-31;/h5-8,15,18,28H,9-14,16-17H2,1-4H3;1H. The van der Waals surface area contributed by atoms with Crippen molar-refractivity contribution >= 4 is 35.0 Å². The number of aromatic nitrogens is 2. The van der Waals surface area contributed by atoms with Gasteiger partial charge in [0.2, 0.25) is 0 Å². The molecular formula is C27H36ClN5O. The first kappa shape index (κ1) is 24.6. The van der Waals surface area contributed by atoms with Crippen LogP contribution in [0, 0.1) is 19.8 Å². The van der Waals surface area contributed by atoms with Gasteiger partial charge in [0.1, 0.15) is 5.69 Å². The van der Waals surface area contributed by atoms with E-state index in [0.717, 1.165) is 63.4 Å². The van der Waals surface area contributed by atoms with Gasteiger partial charge in [-0.2, -0.15) is 0 Å². The normalized spacial score (nSPS) is 16.0. The minimum Gasteiger partial charge on any atom is -0.350 e. The monoisotopic (exact) mass is 481 g/mol. The van der Waals surface area contributed by atoms with Crippen molar-refractivity contribution in [2.45, 2.75) is 47.2 Å². The Kier molecular flexibility index (Phi) is 7.20. The molecule has 6 nitrogen and oxygen atoms in total. The highest BCUT2D eigenvalue weighted by Crippen LogP contribution is 2.35. The van der Waals surface area contributed by atoms with Crippen LogP contribution in [0.3, 0.4) is 0 Å². The van der Waals surface area contributed by atoms with Crippen LogP contribution in [0.25, 0.3) is 10.9 Å². The number of hydrogen-bond acceptors (Lipinski definition) is 4. The molecule has 5 rings (SSSR count). The molecule has 1 fully saturated rings. The fourth-order valence-electron chi connectivity index (χ4n) is 5.27. The van der Waals surface area contributed by atoms with E-state index in [1.165, 1.54) is 27.9 Å². The fraction of sp³-hybridized carbons (Fsp3) is 0.481. The summed E-state index contributed by atoms with van der Waals surface area (Å²) in [6, 6.07) is 10.7. The molecular weight excluding hydrogens is 446 g/mol. The largest absolute Gasteiger partial charge is 0.350 e. The number of aryl methyl sites for hydroxylation is 1. The topological polar surface area (TPSA) is 53.4 Å². The second-order valence-electron chi connectivity index (χ2n) is 9.92. The maximum Gasteiger partial charge on any atom is 0.272 e. The van der Waals surface area contributed by atoms with E-state index in [4.69, 9.17) is 4.98 Å². The second-order valence-corrected chi connectivity index (χ2v) is 9.92. The highest BCUT2D eigenvalue weighted by Gasteiger charge is 2.27. The van der Waals surface area contributed by atoms with E-state index in [9.17, 15) is 4.79 Å². The Morgan fingerprint density at radius 1 is 1.09 bits per heavy atom. The molecule has 34 heavy (non-hydrogen) atoms. The van der Waals surface area contributed by atoms with Crippen LogP contribution in [0.2, 0.25) is 0 Å². The number of benzene rings is 1. The van der Waals surface area contributed by atoms with Crippen LogP contribution in [-0.2, 0) is 19.5 Å². The number of halogens is 1. The number of nitrogens with zero attached hydrogens (tertiary/aromatic N) is 4. The number of amides is 1. The van der Waals surface area contributed by atoms with Gasteiger partial charge in [0, 0.05) is 56.9 Å². The molecule has 0 saturated carbocycles. The first-order valence-corrected chi connectivity index (χ1v) is 12.3. The Balaban J connectivity index is 0.00000274. The van der Waals surface area contributed by atoms with Crippen LogP contribution in [-0.4, -0.2) is 53.1 Å². The van der Waals surface area contributed by atoms with Gasteiger partial charge in [0.05, 0.1) is 5.52 Å². The van der Waals surface area contributed by atoms with Crippen LogP contribution >= 0.6 is 12.4 Å². The maximum atomic E-state index is 13.5. The van der Waals surface area contributed by atoms with E-state index in [0.29, 0.717) is 11.6 Å². The Labute approximate surface area is 208 Å². The van der Waals surface area contributed by atoms with Crippen molar-refractivity contribution < 1.29 is 4.79 Å². The third kappa shape index (κ3) is 4.41. The van der Waals surface area contributed by atoms with Crippen LogP contribution in [0.4, 0.5) is 5.82 Å². The molecule has 2 aliphatic rings. The quantitative estimate of drug-likeness (QED) is 0.602. The van der Waals surface area contributed by atoms with E-state index < -0.39 is 0 Å². The molecule has 1 N–H and O–H groups in total. The van der Waals surface area contributed by atoms with Crippen LogP contribution < -0.4 is 10.2 Å². The van der Waals surface area contributed by atoms with E-state index >= 15 is 0 Å². The molecule has 4 heterocycles. The average molecular weight is 482 g/mol. The number of nitrogens with one attached hydrogen (secondary N) is 1. The summed E-state index contributed by atoms with van der Waals surface area (Å²) in [5, 5.41) is 4.50. The highest BCUT2D eigenvalue weighted by atomic mass is 35.5. The minimum absolute atomic E-state index is 0. The lowest BCUT2D eigenvalue weighted by atomic mass is 10.00. The summed E-state index contributed by atoms with van der Waals surface area (Å²) in [4.78, 5) is 22.9. The lowest BCUT2D eigenvalue weighted by Gasteiger charge is -2.32. The third-order valence-electron chi connectivity index (χ3n) is 7.20. The first-order chi connectivity index (χ1) is 15.9. The number of rotatable bonds is 4. The first-order valence-electron chi connectivity index (χ1n) is 12.3. The summed E-state index contributed by atoms with van der Waals surface area (Å²) in [7, 11) is 0. The molecule has 3 aromatic rings. The molecule has 7 heteroatoms. The molecule has 182 valence electrons. The SMILES string of the molecule is Cc1c(C)n(CC(C)C)c2c(N3CCc4ccccc4C3)nc(C(=O)N3CCNCC3)cc12.Cl. The summed E-state index contributed by atoms with van der Waals surface area (Å²) in [6.45, 7) is 14.7. The summed E-state index contributed by atoms with van der Waals surface area (Å²) in [5.41, 5.74) is 7.04. The van der Waals surface area contributed by atoms with Crippen LogP contribution in [0.15, 0.2) is 30.3 Å². The Bertz CT molecular complexity index is 1200. The zero-order valence-corrected chi connectivity index (χ0v) is 21.5. The van der Waals surface area contributed by atoms with Crippen molar-refractivity contribution in [3.63, 3.8) is 0 Å². The number of piperazine rings is 1. The fourth-order valence-corrected chi connectivity index (χ4v) is 5.27.